The largest absolute Gasteiger partial charge is 0.478 e. The number of anilines is 2. The van der Waals surface area contributed by atoms with E-state index < -0.39 is 16.0 Å². The molecule has 1 fully saturated rings. The van der Waals surface area contributed by atoms with Gasteiger partial charge in [0.15, 0.2) is 0 Å². The topological polar surface area (TPSA) is 132 Å². The summed E-state index contributed by atoms with van der Waals surface area (Å²) < 4.78 is 28.4. The highest BCUT2D eigenvalue weighted by atomic mass is 35.5. The highest BCUT2D eigenvalue weighted by Crippen LogP contribution is 2.28. The molecule has 1 amide bonds. The molecule has 1 aliphatic heterocycles. The number of carboxylic acids is 1. The predicted molar refractivity (Wildman–Crippen MR) is 164 cm³/mol. The van der Waals surface area contributed by atoms with Gasteiger partial charge in [-0.25, -0.2) is 18.2 Å². The Bertz CT molecular complexity index is 1450. The third kappa shape index (κ3) is 8.34. The summed E-state index contributed by atoms with van der Waals surface area (Å²) in [5, 5.41) is 13.1. The van der Waals surface area contributed by atoms with E-state index in [1.54, 1.807) is 37.3 Å². The summed E-state index contributed by atoms with van der Waals surface area (Å²) in [6.45, 7) is 8.36. The number of nitrogens with one attached hydrogen (secondary N) is 2. The molecule has 2 aromatic carbocycles. The smallest absolute Gasteiger partial charge is 0.336 e. The van der Waals surface area contributed by atoms with Crippen LogP contribution < -0.4 is 14.9 Å². The minimum absolute atomic E-state index is 0. The van der Waals surface area contributed by atoms with Crippen molar-refractivity contribution in [1.29, 1.82) is 0 Å². The normalized spacial score (nSPS) is 13.6. The highest BCUT2D eigenvalue weighted by molar-refractivity contribution is 7.92. The zero-order valence-corrected chi connectivity index (χ0v) is 25.6. The number of piperazine rings is 1. The molecule has 0 bridgehead atoms. The van der Waals surface area contributed by atoms with Gasteiger partial charge in [0, 0.05) is 43.3 Å². The van der Waals surface area contributed by atoms with Crippen LogP contribution in [0.5, 0.6) is 0 Å². The molecule has 0 saturated carbocycles. The zero-order valence-electron chi connectivity index (χ0n) is 22.3. The number of aromatic carboxylic acids is 1. The van der Waals surface area contributed by atoms with E-state index in [1.165, 1.54) is 18.2 Å². The molecule has 0 atom stereocenters. The van der Waals surface area contributed by atoms with Gasteiger partial charge in [-0.15, -0.1) is 37.2 Å². The Labute approximate surface area is 252 Å². The Morgan fingerprint density at radius 1 is 1.00 bits per heavy atom. The Morgan fingerprint density at radius 2 is 1.65 bits per heavy atom. The minimum Gasteiger partial charge on any atom is -0.478 e. The molecule has 220 valence electrons. The first-order valence-corrected chi connectivity index (χ1v) is 13.5. The second-order valence-corrected chi connectivity index (χ2v) is 11.1. The summed E-state index contributed by atoms with van der Waals surface area (Å²) >= 11 is 0. The number of halogens is 3. The van der Waals surface area contributed by atoms with E-state index >= 15 is 0 Å². The highest BCUT2D eigenvalue weighted by Gasteiger charge is 2.23. The monoisotopic (exact) mass is 633 g/mol. The van der Waals surface area contributed by atoms with Crippen molar-refractivity contribution >= 4 is 81.5 Å². The van der Waals surface area contributed by atoms with Crippen LogP contribution in [0.2, 0.25) is 0 Å². The average molecular weight is 635 g/mol. The first-order valence-electron chi connectivity index (χ1n) is 12.1. The summed E-state index contributed by atoms with van der Waals surface area (Å²) in [5.41, 5.74) is 1.35. The Morgan fingerprint density at radius 3 is 2.25 bits per heavy atom. The summed E-state index contributed by atoms with van der Waals surface area (Å²) in [4.78, 5) is 33.1. The molecule has 3 N–H and O–H groups in total. The maximum atomic E-state index is 12.9. The van der Waals surface area contributed by atoms with Crippen molar-refractivity contribution < 1.29 is 23.1 Å². The number of pyridine rings is 1. The Hall–Kier alpha value is -2.83. The second-order valence-electron chi connectivity index (χ2n) is 9.42. The minimum atomic E-state index is -3.85. The molecule has 3 aromatic rings. The van der Waals surface area contributed by atoms with Crippen molar-refractivity contribution in [3.8, 4) is 0 Å². The molecule has 0 unspecified atom stereocenters. The molecule has 0 aliphatic carbocycles. The number of carboxylic acid groups (broad SMARTS) is 1. The van der Waals surface area contributed by atoms with Gasteiger partial charge in [-0.1, -0.05) is 18.2 Å². The molecule has 10 nitrogen and oxygen atoms in total. The van der Waals surface area contributed by atoms with E-state index in [-0.39, 0.29) is 65.3 Å². The fraction of sp³-hybridized carbons (Fsp3) is 0.346. The van der Waals surface area contributed by atoms with Gasteiger partial charge in [-0.2, -0.15) is 0 Å². The van der Waals surface area contributed by atoms with Crippen LogP contribution in [0.4, 0.5) is 11.5 Å². The second kappa shape index (κ2) is 14.7. The maximum Gasteiger partial charge on any atom is 0.336 e. The number of carbonyl (C=O) groups excluding carboxylic acids is 1. The van der Waals surface area contributed by atoms with E-state index in [4.69, 9.17) is 0 Å². The fourth-order valence-electron chi connectivity index (χ4n) is 4.39. The molecule has 14 heteroatoms. The van der Waals surface area contributed by atoms with Crippen LogP contribution in [0.25, 0.3) is 10.9 Å². The molecule has 40 heavy (non-hydrogen) atoms. The van der Waals surface area contributed by atoms with Crippen molar-refractivity contribution in [2.75, 3.05) is 42.3 Å². The number of fused-ring (bicyclic) bond motifs is 1. The Balaban J connectivity index is 0.00000267. The number of nitrogens with zero attached hydrogens (tertiary/aromatic N) is 3. The van der Waals surface area contributed by atoms with Gasteiger partial charge >= 0.3 is 5.97 Å². The van der Waals surface area contributed by atoms with Crippen molar-refractivity contribution in [3.05, 3.63) is 59.7 Å². The third-order valence-corrected chi connectivity index (χ3v) is 7.72. The number of hydrogen-bond donors (Lipinski definition) is 3. The van der Waals surface area contributed by atoms with Gasteiger partial charge in [0.05, 0.1) is 22.5 Å². The number of amides is 1. The number of aromatic nitrogens is 1. The molecule has 4 rings (SSSR count). The van der Waals surface area contributed by atoms with Crippen molar-refractivity contribution in [3.63, 3.8) is 0 Å². The van der Waals surface area contributed by atoms with E-state index in [2.05, 4.69) is 19.9 Å². The van der Waals surface area contributed by atoms with Crippen LogP contribution >= 0.6 is 37.2 Å². The lowest BCUT2D eigenvalue weighted by atomic mass is 10.1. The first-order chi connectivity index (χ1) is 17.5. The molecule has 1 saturated heterocycles. The van der Waals surface area contributed by atoms with Crippen LogP contribution in [-0.4, -0.2) is 74.1 Å². The first kappa shape index (κ1) is 35.2. The molecule has 0 radical (unpaired) electrons. The van der Waals surface area contributed by atoms with Crippen LogP contribution in [0, 0.1) is 6.92 Å². The number of aryl methyl sites for hydroxylation is 1. The van der Waals surface area contributed by atoms with E-state index in [1.807, 2.05) is 18.7 Å². The molecular formula is C26H34Cl3N5O5S. The number of sulfonamides is 1. The molecular weight excluding hydrogens is 601 g/mol. The number of carbonyl (C=O) groups is 2. The Kier molecular flexibility index (Phi) is 12.9. The van der Waals surface area contributed by atoms with Gasteiger partial charge in [-0.05, 0) is 56.7 Å². The lowest BCUT2D eigenvalue weighted by molar-refractivity contribution is -0.122. The van der Waals surface area contributed by atoms with Crippen LogP contribution in [0.3, 0.4) is 0 Å². The maximum absolute atomic E-state index is 12.9. The standard InChI is InChI=1S/C26H31N5O5S.3ClH/c1-17(2)27-25(32)16-30-10-12-31(13-11-30)24-15-21(26(33)34)20-14-19(8-9-22(20)28-24)29-37(35,36)23-7-5-4-6-18(23)3;;;/h4-9,14-15,17,29H,10-13,16H2,1-3H3,(H,27,32)(H,33,34);3*1H. The summed E-state index contributed by atoms with van der Waals surface area (Å²) in [6, 6.07) is 12.9. The summed E-state index contributed by atoms with van der Waals surface area (Å²) in [7, 11) is -3.85. The van der Waals surface area contributed by atoms with Crippen LogP contribution in [0.1, 0.15) is 29.8 Å². The van der Waals surface area contributed by atoms with Gasteiger partial charge < -0.3 is 15.3 Å². The number of benzene rings is 2. The van der Waals surface area contributed by atoms with E-state index in [0.717, 1.165) is 0 Å². The van der Waals surface area contributed by atoms with Gasteiger partial charge in [0.25, 0.3) is 10.0 Å². The molecule has 0 spiro atoms. The number of hydrogen-bond acceptors (Lipinski definition) is 7. The molecule has 2 heterocycles. The van der Waals surface area contributed by atoms with Gasteiger partial charge in [-0.3, -0.25) is 14.4 Å². The average Bonchev–Trinajstić information content (AvgIpc) is 2.83. The van der Waals surface area contributed by atoms with Crippen LogP contribution in [0.15, 0.2) is 53.4 Å². The SMILES string of the molecule is Cc1ccccc1S(=O)(=O)Nc1ccc2nc(N3CCN(CC(=O)NC(C)C)CC3)cc(C(=O)O)c2c1.Cl.Cl.Cl. The van der Waals surface area contributed by atoms with Gasteiger partial charge in [0.1, 0.15) is 5.82 Å². The lowest BCUT2D eigenvalue weighted by Crippen LogP contribution is -2.50. The predicted octanol–water partition coefficient (Wildman–Crippen LogP) is 3.95. The molecule has 1 aromatic heterocycles. The zero-order chi connectivity index (χ0) is 26.7. The van der Waals surface area contributed by atoms with Crippen molar-refractivity contribution in [2.45, 2.75) is 31.7 Å². The fourth-order valence-corrected chi connectivity index (χ4v) is 5.68. The van der Waals surface area contributed by atoms with Gasteiger partial charge in [0.2, 0.25) is 5.91 Å². The molecule has 1 aliphatic rings. The van der Waals surface area contributed by atoms with Crippen molar-refractivity contribution in [1.82, 2.24) is 15.2 Å². The quantitative estimate of drug-likeness (QED) is 0.340. The van der Waals surface area contributed by atoms with E-state index in [0.29, 0.717) is 55.0 Å². The number of rotatable bonds is 8. The summed E-state index contributed by atoms with van der Waals surface area (Å²) in [5.74, 6) is -0.615. The summed E-state index contributed by atoms with van der Waals surface area (Å²) in [6.07, 6.45) is 0. The van der Waals surface area contributed by atoms with Crippen LogP contribution in [-0.2, 0) is 14.8 Å². The lowest BCUT2D eigenvalue weighted by Gasteiger charge is -2.35. The third-order valence-electron chi connectivity index (χ3n) is 6.17. The van der Waals surface area contributed by atoms with Crippen molar-refractivity contribution in [2.24, 2.45) is 0 Å². The van der Waals surface area contributed by atoms with E-state index in [9.17, 15) is 23.1 Å².